The number of carbonyl (C=O) groups excluding carboxylic acids is 1. The fourth-order valence-electron chi connectivity index (χ4n) is 2.19. The van der Waals surface area contributed by atoms with E-state index < -0.39 is 6.10 Å². The monoisotopic (exact) mass is 462 g/mol. The molecule has 0 unspecified atom stereocenters. The Labute approximate surface area is 167 Å². The zero-order chi connectivity index (χ0) is 18.6. The number of hydrogen-bond acceptors (Lipinski definition) is 3. The van der Waals surface area contributed by atoms with Crippen molar-refractivity contribution in [1.82, 2.24) is 0 Å². The van der Waals surface area contributed by atoms with Crippen LogP contribution >= 0.6 is 22.6 Å². The van der Waals surface area contributed by atoms with E-state index in [0.29, 0.717) is 10.8 Å². The second-order valence-corrected chi connectivity index (χ2v) is 6.97. The number of halogens is 1. The molecule has 0 amide bonds. The number of allylic oxidation sites excluding steroid dienone is 6. The van der Waals surface area contributed by atoms with Gasteiger partial charge in [0.25, 0.3) is 0 Å². The van der Waals surface area contributed by atoms with Crippen molar-refractivity contribution in [3.8, 4) is 0 Å². The van der Waals surface area contributed by atoms with Crippen molar-refractivity contribution in [3.63, 3.8) is 0 Å². The van der Waals surface area contributed by atoms with Gasteiger partial charge >= 0.3 is 5.97 Å². The zero-order valence-electron chi connectivity index (χ0n) is 15.7. The number of esters is 1. The fraction of sp³-hybridized carbons (Fsp3) is 0.667. The second kappa shape index (κ2) is 19.7. The summed E-state index contributed by atoms with van der Waals surface area (Å²) < 4.78 is 5.59. The number of carbonyl (C=O) groups is 1. The minimum atomic E-state index is -0.536. The van der Waals surface area contributed by atoms with Crippen LogP contribution in [0.25, 0.3) is 0 Å². The zero-order valence-corrected chi connectivity index (χ0v) is 17.8. The molecule has 1 atom stereocenters. The van der Waals surface area contributed by atoms with Crippen LogP contribution in [0.4, 0.5) is 0 Å². The van der Waals surface area contributed by atoms with Gasteiger partial charge in [-0.05, 0) is 38.5 Å². The van der Waals surface area contributed by atoms with Gasteiger partial charge in [0, 0.05) is 10.8 Å². The Kier molecular flexibility index (Phi) is 19.2. The van der Waals surface area contributed by atoms with Gasteiger partial charge in [0.2, 0.25) is 0 Å². The SMILES string of the molecule is CC/C=C\C/C=C\C/C=C\CCCCCCCC(=O)OC[C@@H](O)CI. The van der Waals surface area contributed by atoms with Crippen LogP contribution in [0.5, 0.6) is 0 Å². The minimum Gasteiger partial charge on any atom is -0.463 e. The predicted octanol–water partition coefficient (Wildman–Crippen LogP) is 5.92. The minimum absolute atomic E-state index is 0.124. The third-order valence-corrected chi connectivity index (χ3v) is 4.66. The number of unbranched alkanes of at least 4 members (excludes halogenated alkanes) is 5. The van der Waals surface area contributed by atoms with E-state index in [2.05, 4.69) is 66.0 Å². The normalized spacial score (nSPS) is 13.2. The highest BCUT2D eigenvalue weighted by Crippen LogP contribution is 2.08. The number of aliphatic hydroxyl groups is 1. The van der Waals surface area contributed by atoms with Crippen molar-refractivity contribution < 1.29 is 14.6 Å². The quantitative estimate of drug-likeness (QED) is 0.102. The lowest BCUT2D eigenvalue weighted by atomic mass is 10.1. The second-order valence-electron chi connectivity index (χ2n) is 6.09. The summed E-state index contributed by atoms with van der Waals surface area (Å²) in [5, 5.41) is 9.31. The maximum atomic E-state index is 11.4. The largest absolute Gasteiger partial charge is 0.463 e. The maximum absolute atomic E-state index is 11.4. The average Bonchev–Trinajstić information content (AvgIpc) is 2.62. The van der Waals surface area contributed by atoms with E-state index in [1.807, 2.05) is 0 Å². The molecular weight excluding hydrogens is 427 g/mol. The number of aliphatic hydroxyl groups excluding tert-OH is 1. The Bertz CT molecular complexity index is 389. The summed E-state index contributed by atoms with van der Waals surface area (Å²) in [6.07, 6.45) is 23.1. The van der Waals surface area contributed by atoms with Crippen LogP contribution in [0.15, 0.2) is 36.5 Å². The lowest BCUT2D eigenvalue weighted by Crippen LogP contribution is -2.19. The summed E-state index contributed by atoms with van der Waals surface area (Å²) in [7, 11) is 0. The van der Waals surface area contributed by atoms with Gasteiger partial charge in [0.1, 0.15) is 6.61 Å². The van der Waals surface area contributed by atoms with E-state index >= 15 is 0 Å². The smallest absolute Gasteiger partial charge is 0.305 e. The molecule has 0 fully saturated rings. The first-order valence-electron chi connectivity index (χ1n) is 9.55. The first-order chi connectivity index (χ1) is 12.2. The first kappa shape index (κ1) is 24.4. The van der Waals surface area contributed by atoms with Gasteiger partial charge in [-0.3, -0.25) is 4.79 Å². The molecule has 0 rings (SSSR count). The Morgan fingerprint density at radius 1 is 0.960 bits per heavy atom. The molecule has 0 radical (unpaired) electrons. The van der Waals surface area contributed by atoms with E-state index in [9.17, 15) is 9.90 Å². The van der Waals surface area contributed by atoms with Crippen LogP contribution in [0.3, 0.4) is 0 Å². The van der Waals surface area contributed by atoms with Crippen molar-refractivity contribution in [2.24, 2.45) is 0 Å². The van der Waals surface area contributed by atoms with Crippen LogP contribution < -0.4 is 0 Å². The van der Waals surface area contributed by atoms with Crippen molar-refractivity contribution in [2.45, 2.75) is 77.2 Å². The molecule has 0 aliphatic heterocycles. The molecule has 0 aromatic carbocycles. The van der Waals surface area contributed by atoms with E-state index in [4.69, 9.17) is 4.74 Å². The fourth-order valence-corrected chi connectivity index (χ4v) is 2.45. The third-order valence-electron chi connectivity index (χ3n) is 3.65. The van der Waals surface area contributed by atoms with Crippen LogP contribution in [0, 0.1) is 0 Å². The van der Waals surface area contributed by atoms with Crippen molar-refractivity contribution in [1.29, 1.82) is 0 Å². The highest BCUT2D eigenvalue weighted by Gasteiger charge is 2.06. The van der Waals surface area contributed by atoms with Crippen LogP contribution in [-0.4, -0.2) is 28.2 Å². The maximum Gasteiger partial charge on any atom is 0.305 e. The topological polar surface area (TPSA) is 46.5 Å². The van der Waals surface area contributed by atoms with Gasteiger partial charge in [-0.25, -0.2) is 0 Å². The van der Waals surface area contributed by atoms with Crippen molar-refractivity contribution >= 4 is 28.6 Å². The van der Waals surface area contributed by atoms with Gasteiger partial charge in [0.05, 0.1) is 6.10 Å². The summed E-state index contributed by atoms with van der Waals surface area (Å²) in [4.78, 5) is 11.4. The molecule has 0 saturated carbocycles. The molecule has 0 heterocycles. The molecule has 144 valence electrons. The summed E-state index contributed by atoms with van der Waals surface area (Å²) in [5.74, 6) is -0.190. The molecule has 3 nitrogen and oxygen atoms in total. The molecule has 0 aliphatic carbocycles. The Balaban J connectivity index is 3.34. The van der Waals surface area contributed by atoms with Gasteiger partial charge in [0.15, 0.2) is 0 Å². The van der Waals surface area contributed by atoms with Crippen LogP contribution in [0.2, 0.25) is 0 Å². The molecule has 1 N–H and O–H groups in total. The highest BCUT2D eigenvalue weighted by atomic mass is 127. The van der Waals surface area contributed by atoms with E-state index in [1.54, 1.807) is 0 Å². The van der Waals surface area contributed by atoms with Gasteiger partial charge in [-0.2, -0.15) is 0 Å². The third kappa shape index (κ3) is 19.6. The molecule has 0 aliphatic rings. The van der Waals surface area contributed by atoms with Crippen molar-refractivity contribution in [2.75, 3.05) is 11.0 Å². The van der Waals surface area contributed by atoms with E-state index in [-0.39, 0.29) is 12.6 Å². The number of ether oxygens (including phenoxy) is 1. The summed E-state index contributed by atoms with van der Waals surface area (Å²) in [6, 6.07) is 0. The van der Waals surface area contributed by atoms with Crippen molar-refractivity contribution in [3.05, 3.63) is 36.5 Å². The lowest BCUT2D eigenvalue weighted by Gasteiger charge is -2.08. The summed E-state index contributed by atoms with van der Waals surface area (Å²) in [5.41, 5.74) is 0. The Hall–Kier alpha value is -0.620. The average molecular weight is 462 g/mol. The lowest BCUT2D eigenvalue weighted by molar-refractivity contribution is -0.146. The van der Waals surface area contributed by atoms with Gasteiger partial charge < -0.3 is 9.84 Å². The highest BCUT2D eigenvalue weighted by molar-refractivity contribution is 14.1. The Morgan fingerprint density at radius 3 is 2.24 bits per heavy atom. The summed E-state index contributed by atoms with van der Waals surface area (Å²) in [6.45, 7) is 2.27. The van der Waals surface area contributed by atoms with E-state index in [0.717, 1.165) is 38.5 Å². The number of hydrogen-bond donors (Lipinski definition) is 1. The molecule has 0 saturated heterocycles. The molecule has 0 spiro atoms. The molecule has 4 heteroatoms. The predicted molar refractivity (Wildman–Crippen MR) is 115 cm³/mol. The molecule has 25 heavy (non-hydrogen) atoms. The van der Waals surface area contributed by atoms with Crippen LogP contribution in [-0.2, 0) is 9.53 Å². The van der Waals surface area contributed by atoms with Gasteiger partial charge in [-0.1, -0.05) is 85.2 Å². The molecule has 0 aromatic heterocycles. The molecule has 0 bridgehead atoms. The van der Waals surface area contributed by atoms with Crippen LogP contribution in [0.1, 0.15) is 71.1 Å². The number of alkyl halides is 1. The summed E-state index contributed by atoms with van der Waals surface area (Å²) >= 11 is 2.07. The molecule has 0 aromatic rings. The number of rotatable bonds is 16. The molecular formula is C21H35IO3. The standard InChI is InChI=1S/C21H35IO3/c1-2-3-4-5-6-7-8-9-10-11-12-13-14-15-16-17-21(24)25-19-20(23)18-22/h3-4,6-7,9-10,20,23H,2,5,8,11-19H2,1H3/b4-3-,7-6-,10-9-/t20-/m0/s1. The van der Waals surface area contributed by atoms with Gasteiger partial charge in [-0.15, -0.1) is 0 Å². The first-order valence-corrected chi connectivity index (χ1v) is 11.1. The Morgan fingerprint density at radius 2 is 1.56 bits per heavy atom. The van der Waals surface area contributed by atoms with E-state index in [1.165, 1.54) is 19.3 Å².